The van der Waals surface area contributed by atoms with Crippen LogP contribution in [0.5, 0.6) is 5.75 Å². The van der Waals surface area contributed by atoms with E-state index in [1.807, 2.05) is 0 Å². The van der Waals surface area contributed by atoms with E-state index in [1.165, 1.54) is 0 Å². The highest BCUT2D eigenvalue weighted by Crippen LogP contribution is 2.30. The number of halogens is 3. The number of benzene rings is 1. The molecule has 1 rings (SSSR count). The van der Waals surface area contributed by atoms with Crippen LogP contribution in [0, 0.1) is 0 Å². The molecule has 16 heavy (non-hydrogen) atoms. The summed E-state index contributed by atoms with van der Waals surface area (Å²) in [5, 5.41) is 4.78. The van der Waals surface area contributed by atoms with Crippen LogP contribution in [0.15, 0.2) is 28.0 Å². The van der Waals surface area contributed by atoms with Gasteiger partial charge in [0.1, 0.15) is 5.75 Å². The van der Waals surface area contributed by atoms with Crippen LogP contribution < -0.4 is 9.88 Å². The van der Waals surface area contributed by atoms with E-state index in [0.29, 0.717) is 0 Å². The molecule has 0 saturated carbocycles. The van der Waals surface area contributed by atoms with E-state index in [1.54, 1.807) is 0 Å². The van der Waals surface area contributed by atoms with Crippen molar-refractivity contribution in [2.75, 3.05) is 0 Å². The minimum atomic E-state index is -4.86. The lowest BCUT2D eigenvalue weighted by Crippen LogP contribution is -2.18. The van der Waals surface area contributed by atoms with E-state index in [-0.39, 0.29) is 9.79 Å². The van der Waals surface area contributed by atoms with Crippen LogP contribution in [-0.4, -0.2) is 14.8 Å². The quantitative estimate of drug-likeness (QED) is 0.803. The van der Waals surface area contributed by atoms with Crippen molar-refractivity contribution in [3.05, 3.63) is 18.2 Å². The molecule has 1 aromatic carbocycles. The third-order valence-electron chi connectivity index (χ3n) is 1.48. The topological polar surface area (TPSA) is 69.4 Å². The fourth-order valence-electron chi connectivity index (χ4n) is 0.885. The number of hydrogen-bond acceptors (Lipinski definition) is 4. The average Bonchev–Trinajstić information content (AvgIpc) is 2.04. The number of rotatable bonds is 2. The maximum Gasteiger partial charge on any atom is 0.573 e. The normalized spacial score (nSPS) is 12.6. The molecule has 0 atom stereocenters. The zero-order valence-corrected chi connectivity index (χ0v) is 9.23. The molecule has 2 N–H and O–H groups in total. The van der Waals surface area contributed by atoms with Crippen LogP contribution in [0.2, 0.25) is 0 Å². The van der Waals surface area contributed by atoms with Gasteiger partial charge in [-0.2, -0.15) is 0 Å². The molecule has 0 aliphatic rings. The molecule has 4 nitrogen and oxygen atoms in total. The van der Waals surface area contributed by atoms with Crippen molar-refractivity contribution in [1.82, 2.24) is 0 Å². The molecule has 0 aliphatic carbocycles. The molecule has 90 valence electrons. The Bertz CT molecular complexity index is 498. The van der Waals surface area contributed by atoms with Gasteiger partial charge in [0, 0.05) is 4.90 Å². The highest BCUT2D eigenvalue weighted by atomic mass is 32.2. The van der Waals surface area contributed by atoms with Gasteiger partial charge in [0.15, 0.2) is 0 Å². The largest absolute Gasteiger partial charge is 0.573 e. The summed E-state index contributed by atoms with van der Waals surface area (Å²) in [5.41, 5.74) is 0. The molecule has 0 unspecified atom stereocenters. The van der Waals surface area contributed by atoms with E-state index in [0.717, 1.165) is 18.2 Å². The van der Waals surface area contributed by atoms with Gasteiger partial charge in [0.25, 0.3) is 0 Å². The second-order valence-corrected chi connectivity index (χ2v) is 4.77. The summed E-state index contributed by atoms with van der Waals surface area (Å²) in [6.45, 7) is 0. The van der Waals surface area contributed by atoms with Crippen molar-refractivity contribution in [2.45, 2.75) is 16.2 Å². The Morgan fingerprint density at radius 3 is 2.25 bits per heavy atom. The van der Waals surface area contributed by atoms with Gasteiger partial charge in [-0.1, -0.05) is 0 Å². The van der Waals surface area contributed by atoms with Gasteiger partial charge in [-0.3, -0.25) is 0 Å². The van der Waals surface area contributed by atoms with E-state index in [4.69, 9.17) is 5.14 Å². The van der Waals surface area contributed by atoms with Gasteiger partial charge >= 0.3 is 6.36 Å². The molecule has 0 amide bonds. The fraction of sp³-hybridized carbons (Fsp3) is 0.143. The number of primary sulfonamides is 1. The van der Waals surface area contributed by atoms with E-state index in [9.17, 15) is 21.6 Å². The minimum absolute atomic E-state index is 0.274. The van der Waals surface area contributed by atoms with Gasteiger partial charge < -0.3 is 4.74 Å². The SMILES string of the molecule is NS(=O)(=O)c1ccc(OC(F)(F)F)c(S)c1. The molecule has 0 heterocycles. The molecule has 1 aromatic rings. The lowest BCUT2D eigenvalue weighted by molar-refractivity contribution is -0.275. The average molecular weight is 273 g/mol. The Hall–Kier alpha value is -0.930. The summed E-state index contributed by atoms with van der Waals surface area (Å²) in [5.74, 6) is -0.594. The Morgan fingerprint density at radius 1 is 1.31 bits per heavy atom. The van der Waals surface area contributed by atoms with Gasteiger partial charge in [-0.15, -0.1) is 25.8 Å². The second-order valence-electron chi connectivity index (χ2n) is 2.72. The third-order valence-corrected chi connectivity index (χ3v) is 2.75. The molecule has 0 radical (unpaired) electrons. The number of alkyl halides is 3. The summed E-state index contributed by atoms with van der Waals surface area (Å²) in [6, 6.07) is 2.60. The third kappa shape index (κ3) is 3.58. The van der Waals surface area contributed by atoms with Gasteiger partial charge in [0.05, 0.1) is 4.90 Å². The highest BCUT2D eigenvalue weighted by molar-refractivity contribution is 7.89. The summed E-state index contributed by atoms with van der Waals surface area (Å²) >= 11 is 3.67. The van der Waals surface area contributed by atoms with E-state index >= 15 is 0 Å². The van der Waals surface area contributed by atoms with Crippen LogP contribution in [0.1, 0.15) is 0 Å². The molecule has 0 aliphatic heterocycles. The highest BCUT2D eigenvalue weighted by Gasteiger charge is 2.32. The molecule has 0 bridgehead atoms. The summed E-state index contributed by atoms with van der Waals surface area (Å²) < 4.78 is 60.9. The predicted octanol–water partition coefficient (Wildman–Crippen LogP) is 1.52. The van der Waals surface area contributed by atoms with Crippen LogP contribution in [0.4, 0.5) is 13.2 Å². The zero-order chi connectivity index (χ0) is 12.6. The van der Waals surface area contributed by atoms with Crippen molar-refractivity contribution in [1.29, 1.82) is 0 Å². The van der Waals surface area contributed by atoms with E-state index in [2.05, 4.69) is 17.4 Å². The van der Waals surface area contributed by atoms with Crippen molar-refractivity contribution in [3.63, 3.8) is 0 Å². The first-order chi connectivity index (χ1) is 7.09. The Labute approximate surface area is 94.7 Å². The maximum atomic E-state index is 11.9. The summed E-state index contributed by atoms with van der Waals surface area (Å²) in [6.07, 6.45) is -4.86. The monoisotopic (exact) mass is 273 g/mol. The molecule has 0 aromatic heterocycles. The van der Waals surface area contributed by atoms with Crippen molar-refractivity contribution in [3.8, 4) is 5.75 Å². The van der Waals surface area contributed by atoms with Crippen molar-refractivity contribution >= 4 is 22.7 Å². The lowest BCUT2D eigenvalue weighted by atomic mass is 10.3. The van der Waals surface area contributed by atoms with Crippen molar-refractivity contribution in [2.24, 2.45) is 5.14 Å². The van der Waals surface area contributed by atoms with Crippen LogP contribution in [0.25, 0.3) is 0 Å². The number of nitrogens with two attached hydrogens (primary N) is 1. The second kappa shape index (κ2) is 4.15. The molecular weight excluding hydrogens is 267 g/mol. The first-order valence-electron chi connectivity index (χ1n) is 3.71. The first kappa shape index (κ1) is 13.1. The molecule has 0 fully saturated rings. The Balaban J connectivity index is 3.11. The first-order valence-corrected chi connectivity index (χ1v) is 5.70. The number of ether oxygens (including phenoxy) is 1. The molecule has 0 spiro atoms. The standard InChI is InChI=1S/C7H6F3NO3S2/c8-7(9,10)14-5-2-1-4(3-6(5)15)16(11,12)13/h1-3,15H,(H2,11,12,13). The Morgan fingerprint density at radius 2 is 1.88 bits per heavy atom. The van der Waals surface area contributed by atoms with Gasteiger partial charge in [0.2, 0.25) is 10.0 Å². The fourth-order valence-corrected chi connectivity index (χ4v) is 1.77. The molecule has 9 heteroatoms. The predicted molar refractivity (Wildman–Crippen MR) is 51.8 cm³/mol. The molecular formula is C7H6F3NO3S2. The van der Waals surface area contributed by atoms with Crippen LogP contribution in [-0.2, 0) is 10.0 Å². The summed E-state index contributed by atoms with van der Waals surface area (Å²) in [4.78, 5) is -0.615. The maximum absolute atomic E-state index is 11.9. The van der Waals surface area contributed by atoms with Crippen molar-refractivity contribution < 1.29 is 26.3 Å². The Kier molecular flexibility index (Phi) is 3.41. The van der Waals surface area contributed by atoms with Gasteiger partial charge in [-0.25, -0.2) is 13.6 Å². The summed E-state index contributed by atoms with van der Waals surface area (Å²) in [7, 11) is -3.97. The number of sulfonamides is 1. The van der Waals surface area contributed by atoms with Crippen LogP contribution >= 0.6 is 12.6 Å². The zero-order valence-electron chi connectivity index (χ0n) is 7.52. The van der Waals surface area contributed by atoms with Gasteiger partial charge in [-0.05, 0) is 18.2 Å². The van der Waals surface area contributed by atoms with E-state index < -0.39 is 22.1 Å². The van der Waals surface area contributed by atoms with Crippen LogP contribution in [0.3, 0.4) is 0 Å². The number of hydrogen-bond donors (Lipinski definition) is 2. The molecule has 0 saturated heterocycles. The minimum Gasteiger partial charge on any atom is -0.405 e. The number of thiol groups is 1. The lowest BCUT2D eigenvalue weighted by Gasteiger charge is -2.11. The smallest absolute Gasteiger partial charge is 0.405 e.